The predicted molar refractivity (Wildman–Crippen MR) is 96.2 cm³/mol. The van der Waals surface area contributed by atoms with Crippen molar-refractivity contribution in [1.29, 1.82) is 0 Å². The van der Waals surface area contributed by atoms with Gasteiger partial charge in [-0.2, -0.15) is 5.10 Å². The number of nitrogens with one attached hydrogen (secondary N) is 1. The molecule has 1 saturated heterocycles. The van der Waals surface area contributed by atoms with Crippen LogP contribution in [0.4, 0.5) is 5.82 Å². The maximum atomic E-state index is 12.5. The van der Waals surface area contributed by atoms with Crippen molar-refractivity contribution in [2.24, 2.45) is 20.0 Å². The number of rotatable bonds is 5. The minimum atomic E-state index is -0.0359. The first-order valence-corrected chi connectivity index (χ1v) is 8.73. The van der Waals surface area contributed by atoms with Crippen molar-refractivity contribution in [3.05, 3.63) is 30.7 Å². The lowest BCUT2D eigenvalue weighted by Crippen LogP contribution is -2.32. The van der Waals surface area contributed by atoms with Crippen LogP contribution in [0.1, 0.15) is 25.2 Å². The lowest BCUT2D eigenvalue weighted by molar-refractivity contribution is -0.128. The minimum absolute atomic E-state index is 0.0359. The fourth-order valence-corrected chi connectivity index (χ4v) is 3.76. The van der Waals surface area contributed by atoms with Crippen LogP contribution in [0.5, 0.6) is 0 Å². The third-order valence-electron chi connectivity index (χ3n) is 5.06. The highest BCUT2D eigenvalue weighted by Crippen LogP contribution is 2.37. The molecule has 2 atom stereocenters. The summed E-state index contributed by atoms with van der Waals surface area (Å²) < 4.78 is 3.71. The number of likely N-dealkylation sites (tertiary alicyclic amines) is 1. The number of carbonyl (C=O) groups excluding carboxylic acids is 1. The summed E-state index contributed by atoms with van der Waals surface area (Å²) in [5.74, 6) is 1.94. The highest BCUT2D eigenvalue weighted by Gasteiger charge is 2.41. The topological polar surface area (TPSA) is 93.8 Å². The van der Waals surface area contributed by atoms with Gasteiger partial charge in [0.05, 0.1) is 17.6 Å². The molecule has 1 fully saturated rings. The zero-order valence-corrected chi connectivity index (χ0v) is 15.1. The summed E-state index contributed by atoms with van der Waals surface area (Å²) in [6.45, 7) is 3.31. The van der Waals surface area contributed by atoms with E-state index in [0.29, 0.717) is 19.5 Å². The van der Waals surface area contributed by atoms with Gasteiger partial charge in [0, 0.05) is 51.9 Å². The molecule has 1 N–H and O–H groups in total. The second-order valence-electron chi connectivity index (χ2n) is 6.59. The average Bonchev–Trinajstić information content (AvgIpc) is 3.30. The zero-order valence-electron chi connectivity index (χ0n) is 15.1. The van der Waals surface area contributed by atoms with E-state index in [1.165, 1.54) is 6.33 Å². The summed E-state index contributed by atoms with van der Waals surface area (Å²) in [7, 11) is 3.82. The first kappa shape index (κ1) is 16.5. The van der Waals surface area contributed by atoms with Gasteiger partial charge in [0.1, 0.15) is 18.0 Å². The predicted octanol–water partition coefficient (Wildman–Crippen LogP) is 1.12. The molecule has 1 amide bonds. The van der Waals surface area contributed by atoms with E-state index in [1.807, 2.05) is 36.7 Å². The van der Waals surface area contributed by atoms with Gasteiger partial charge in [0.2, 0.25) is 5.91 Å². The molecule has 26 heavy (non-hydrogen) atoms. The summed E-state index contributed by atoms with van der Waals surface area (Å²) in [4.78, 5) is 27.5. The van der Waals surface area contributed by atoms with Crippen LogP contribution in [0.3, 0.4) is 0 Å². The van der Waals surface area contributed by atoms with Crippen molar-refractivity contribution < 1.29 is 4.79 Å². The number of aromatic nitrogens is 6. The Hall–Kier alpha value is -2.97. The van der Waals surface area contributed by atoms with Gasteiger partial charge < -0.3 is 14.8 Å². The van der Waals surface area contributed by atoms with Crippen molar-refractivity contribution in [1.82, 2.24) is 34.2 Å². The number of carbonyl (C=O) groups is 1. The van der Waals surface area contributed by atoms with Crippen molar-refractivity contribution in [3.63, 3.8) is 0 Å². The fraction of sp³-hybridized carbons (Fsp3) is 0.471. The Morgan fingerprint density at radius 3 is 2.85 bits per heavy atom. The Bertz CT molecular complexity index is 945. The lowest BCUT2D eigenvalue weighted by Gasteiger charge is -2.27. The normalized spacial score (nSPS) is 20.3. The van der Waals surface area contributed by atoms with E-state index in [2.05, 4.69) is 25.4 Å². The van der Waals surface area contributed by atoms with Crippen molar-refractivity contribution in [3.8, 4) is 0 Å². The van der Waals surface area contributed by atoms with Gasteiger partial charge in [-0.25, -0.2) is 15.0 Å². The Kier molecular flexibility index (Phi) is 4.06. The van der Waals surface area contributed by atoms with Crippen LogP contribution in [0.25, 0.3) is 11.0 Å². The van der Waals surface area contributed by atoms with Gasteiger partial charge in [-0.1, -0.05) is 0 Å². The number of imidazole rings is 1. The highest BCUT2D eigenvalue weighted by molar-refractivity contribution is 5.86. The summed E-state index contributed by atoms with van der Waals surface area (Å²) in [5.41, 5.74) is 0.779. The monoisotopic (exact) mass is 354 g/mol. The molecule has 9 nitrogen and oxygen atoms in total. The van der Waals surface area contributed by atoms with Crippen LogP contribution in [0.2, 0.25) is 0 Å². The van der Waals surface area contributed by atoms with Crippen LogP contribution in [-0.4, -0.2) is 53.2 Å². The minimum Gasteiger partial charge on any atom is -0.369 e. The average molecular weight is 354 g/mol. The molecular formula is C17H22N8O. The standard InChI is InChI=1S/C17H22N8O/c1-4-25-13(26)7-11(14(25)17-18-5-6-23(17)2)8-19-15-12-9-22-24(3)16(12)21-10-20-15/h5-6,9-11,14H,4,7-8H2,1-3H3,(H,19,20,21)/t11-,14+/m0/s1. The molecule has 0 radical (unpaired) electrons. The summed E-state index contributed by atoms with van der Waals surface area (Å²) in [6, 6.07) is -0.0359. The fourth-order valence-electron chi connectivity index (χ4n) is 3.76. The number of hydrogen-bond acceptors (Lipinski definition) is 6. The largest absolute Gasteiger partial charge is 0.369 e. The summed E-state index contributed by atoms with van der Waals surface area (Å²) in [5, 5.41) is 8.51. The van der Waals surface area contributed by atoms with Crippen molar-refractivity contribution in [2.75, 3.05) is 18.4 Å². The Balaban J connectivity index is 1.60. The number of aryl methyl sites for hydroxylation is 2. The van der Waals surface area contributed by atoms with Crippen molar-refractivity contribution in [2.45, 2.75) is 19.4 Å². The third-order valence-corrected chi connectivity index (χ3v) is 5.06. The number of hydrogen-bond donors (Lipinski definition) is 1. The smallest absolute Gasteiger partial charge is 0.223 e. The van der Waals surface area contributed by atoms with E-state index in [4.69, 9.17) is 0 Å². The van der Waals surface area contributed by atoms with Gasteiger partial charge in [-0.15, -0.1) is 0 Å². The second-order valence-corrected chi connectivity index (χ2v) is 6.59. The first-order chi connectivity index (χ1) is 12.6. The highest BCUT2D eigenvalue weighted by atomic mass is 16.2. The van der Waals surface area contributed by atoms with E-state index >= 15 is 0 Å². The van der Waals surface area contributed by atoms with Crippen LogP contribution in [-0.2, 0) is 18.9 Å². The number of fused-ring (bicyclic) bond motifs is 1. The van der Waals surface area contributed by atoms with E-state index in [-0.39, 0.29) is 17.9 Å². The van der Waals surface area contributed by atoms with Gasteiger partial charge in [0.15, 0.2) is 5.65 Å². The molecule has 0 bridgehead atoms. The molecule has 136 valence electrons. The second kappa shape index (κ2) is 6.40. The lowest BCUT2D eigenvalue weighted by atomic mass is 9.99. The molecule has 3 aromatic rings. The molecule has 0 aliphatic carbocycles. The SMILES string of the molecule is CCN1C(=O)C[C@@H](CNc2ncnc3c2cnn3C)[C@@H]1c1nccn1C. The number of anilines is 1. The number of amides is 1. The van der Waals surface area contributed by atoms with E-state index in [0.717, 1.165) is 22.7 Å². The van der Waals surface area contributed by atoms with Gasteiger partial charge in [-0.05, 0) is 6.92 Å². The molecule has 0 unspecified atom stereocenters. The molecule has 0 spiro atoms. The molecule has 0 aromatic carbocycles. The molecule has 9 heteroatoms. The van der Waals surface area contributed by atoms with Crippen LogP contribution < -0.4 is 5.32 Å². The molecule has 1 aliphatic heterocycles. The first-order valence-electron chi connectivity index (χ1n) is 8.73. The maximum Gasteiger partial charge on any atom is 0.223 e. The van der Waals surface area contributed by atoms with Crippen molar-refractivity contribution >= 4 is 22.8 Å². The zero-order chi connectivity index (χ0) is 18.3. The maximum absolute atomic E-state index is 12.5. The van der Waals surface area contributed by atoms with E-state index < -0.39 is 0 Å². The molecule has 4 heterocycles. The summed E-state index contributed by atoms with van der Waals surface area (Å²) in [6.07, 6.45) is 7.48. The van der Waals surface area contributed by atoms with Crippen LogP contribution >= 0.6 is 0 Å². The number of nitrogens with zero attached hydrogens (tertiary/aromatic N) is 7. The third kappa shape index (κ3) is 2.59. The van der Waals surface area contributed by atoms with E-state index in [9.17, 15) is 4.79 Å². The van der Waals surface area contributed by atoms with Crippen LogP contribution in [0, 0.1) is 5.92 Å². The Labute approximate surface area is 151 Å². The van der Waals surface area contributed by atoms with E-state index in [1.54, 1.807) is 17.1 Å². The molecule has 3 aromatic heterocycles. The molecular weight excluding hydrogens is 332 g/mol. The van der Waals surface area contributed by atoms with Gasteiger partial charge >= 0.3 is 0 Å². The Morgan fingerprint density at radius 2 is 2.12 bits per heavy atom. The quantitative estimate of drug-likeness (QED) is 0.738. The summed E-state index contributed by atoms with van der Waals surface area (Å²) >= 11 is 0. The van der Waals surface area contributed by atoms with Gasteiger partial charge in [-0.3, -0.25) is 9.48 Å². The molecule has 0 saturated carbocycles. The van der Waals surface area contributed by atoms with Crippen LogP contribution in [0.15, 0.2) is 24.9 Å². The Morgan fingerprint density at radius 1 is 1.27 bits per heavy atom. The molecule has 1 aliphatic rings. The molecule has 4 rings (SSSR count). The van der Waals surface area contributed by atoms with Gasteiger partial charge in [0.25, 0.3) is 0 Å².